The van der Waals surface area contributed by atoms with Gasteiger partial charge in [0.05, 0.1) is 12.2 Å². The Hall–Kier alpha value is -1.36. The highest BCUT2D eigenvalue weighted by atomic mass is 32.2. The first kappa shape index (κ1) is 12.7. The lowest BCUT2D eigenvalue weighted by Gasteiger charge is -2.09. The highest BCUT2D eigenvalue weighted by Gasteiger charge is 2.06. The van der Waals surface area contributed by atoms with E-state index in [2.05, 4.69) is 11.4 Å². The zero-order valence-electron chi connectivity index (χ0n) is 9.22. The average molecular weight is 240 g/mol. The van der Waals surface area contributed by atoms with Crippen LogP contribution in [0, 0.1) is 0 Å². The van der Waals surface area contributed by atoms with Crippen LogP contribution in [-0.2, 0) is 0 Å². The van der Waals surface area contributed by atoms with Gasteiger partial charge in [-0.2, -0.15) is 11.8 Å². The lowest BCUT2D eigenvalue weighted by Crippen LogP contribution is -2.15. The van der Waals surface area contributed by atoms with Crippen LogP contribution in [0.1, 0.15) is 12.0 Å². The van der Waals surface area contributed by atoms with E-state index in [4.69, 9.17) is 15.7 Å². The molecule has 16 heavy (non-hydrogen) atoms. The number of nitrogens with two attached hydrogens (primary N) is 1. The summed E-state index contributed by atoms with van der Waals surface area (Å²) in [5.74, 6) is 1.78. The van der Waals surface area contributed by atoms with Crippen LogP contribution in [0.15, 0.2) is 29.4 Å². The Labute approximate surface area is 99.5 Å². The summed E-state index contributed by atoms with van der Waals surface area (Å²) in [7, 11) is 0. The Morgan fingerprint density at radius 2 is 2.25 bits per heavy atom. The number of nitrogens with zero attached hydrogens (tertiary/aromatic N) is 1. The molecule has 0 heterocycles. The fourth-order valence-electron chi connectivity index (χ4n) is 1.24. The summed E-state index contributed by atoms with van der Waals surface area (Å²) in [6.45, 7) is 0.635. The third kappa shape index (κ3) is 3.66. The zero-order valence-corrected chi connectivity index (χ0v) is 10.0. The molecule has 0 fully saturated rings. The molecular formula is C11H16N2O2S. The molecule has 0 saturated heterocycles. The number of thioether (sulfide) groups is 1. The second-order valence-corrected chi connectivity index (χ2v) is 4.16. The van der Waals surface area contributed by atoms with Crippen molar-refractivity contribution >= 4 is 17.6 Å². The maximum Gasteiger partial charge on any atom is 0.173 e. The topological polar surface area (TPSA) is 67.8 Å². The maximum absolute atomic E-state index is 8.63. The van der Waals surface area contributed by atoms with E-state index in [9.17, 15) is 0 Å². The average Bonchev–Trinajstić information content (AvgIpc) is 2.34. The quantitative estimate of drug-likeness (QED) is 0.262. The molecule has 0 unspecified atom stereocenters. The first-order valence-electron chi connectivity index (χ1n) is 4.98. The molecular weight excluding hydrogens is 224 g/mol. The summed E-state index contributed by atoms with van der Waals surface area (Å²) < 4.78 is 5.58. The predicted octanol–water partition coefficient (Wildman–Crippen LogP) is 1.91. The van der Waals surface area contributed by atoms with Gasteiger partial charge in [-0.15, -0.1) is 0 Å². The molecule has 0 atom stereocenters. The van der Waals surface area contributed by atoms with E-state index in [1.54, 1.807) is 17.8 Å². The normalized spacial score (nSPS) is 11.4. The van der Waals surface area contributed by atoms with Gasteiger partial charge in [-0.1, -0.05) is 17.3 Å². The molecule has 88 valence electrons. The minimum atomic E-state index is 0.0699. The van der Waals surface area contributed by atoms with E-state index in [0.29, 0.717) is 17.9 Å². The van der Waals surface area contributed by atoms with Crippen LogP contribution in [0.25, 0.3) is 0 Å². The van der Waals surface area contributed by atoms with Gasteiger partial charge in [0, 0.05) is 0 Å². The standard InChI is InChI=1S/C11H16N2O2S/c1-16-8-4-7-15-10-6-3-2-5-9(10)11(12)13-14/h2-3,5-6,14H,4,7-8H2,1H3,(H2,12,13). The number of ether oxygens (including phenoxy) is 1. The van der Waals surface area contributed by atoms with E-state index in [1.807, 2.05) is 18.2 Å². The fraction of sp³-hybridized carbons (Fsp3) is 0.364. The fourth-order valence-corrected chi connectivity index (χ4v) is 1.65. The molecule has 3 N–H and O–H groups in total. The monoisotopic (exact) mass is 240 g/mol. The SMILES string of the molecule is CSCCCOc1ccccc1/C(N)=N/O. The van der Waals surface area contributed by atoms with Crippen LogP contribution in [0.5, 0.6) is 5.75 Å². The number of rotatable bonds is 6. The van der Waals surface area contributed by atoms with Crippen LogP contribution in [-0.4, -0.2) is 29.7 Å². The smallest absolute Gasteiger partial charge is 0.173 e. The molecule has 5 heteroatoms. The van der Waals surface area contributed by atoms with Crippen molar-refractivity contribution in [2.75, 3.05) is 18.6 Å². The van der Waals surface area contributed by atoms with Crippen molar-refractivity contribution in [3.63, 3.8) is 0 Å². The Morgan fingerprint density at radius 3 is 2.94 bits per heavy atom. The van der Waals surface area contributed by atoms with Gasteiger partial charge < -0.3 is 15.7 Å². The lowest BCUT2D eigenvalue weighted by molar-refractivity contribution is 0.312. The van der Waals surface area contributed by atoms with Crippen molar-refractivity contribution in [3.05, 3.63) is 29.8 Å². The first-order chi connectivity index (χ1) is 7.79. The molecule has 4 nitrogen and oxygen atoms in total. The van der Waals surface area contributed by atoms with Crippen LogP contribution in [0.2, 0.25) is 0 Å². The van der Waals surface area contributed by atoms with E-state index < -0.39 is 0 Å². The van der Waals surface area contributed by atoms with Crippen LogP contribution < -0.4 is 10.5 Å². The van der Waals surface area contributed by atoms with Gasteiger partial charge in [-0.05, 0) is 30.6 Å². The van der Waals surface area contributed by atoms with Crippen molar-refractivity contribution in [3.8, 4) is 5.75 Å². The summed E-state index contributed by atoms with van der Waals surface area (Å²) in [6, 6.07) is 7.26. The van der Waals surface area contributed by atoms with Gasteiger partial charge >= 0.3 is 0 Å². The molecule has 0 spiro atoms. The molecule has 0 bridgehead atoms. The number of oxime groups is 1. The van der Waals surface area contributed by atoms with Crippen LogP contribution in [0.4, 0.5) is 0 Å². The lowest BCUT2D eigenvalue weighted by atomic mass is 10.2. The molecule has 0 aliphatic rings. The highest BCUT2D eigenvalue weighted by molar-refractivity contribution is 7.98. The van der Waals surface area contributed by atoms with Gasteiger partial charge in [0.25, 0.3) is 0 Å². The number of hydrogen-bond donors (Lipinski definition) is 2. The highest BCUT2D eigenvalue weighted by Crippen LogP contribution is 2.17. The van der Waals surface area contributed by atoms with E-state index >= 15 is 0 Å². The van der Waals surface area contributed by atoms with Crippen LogP contribution >= 0.6 is 11.8 Å². The number of hydrogen-bond acceptors (Lipinski definition) is 4. The molecule has 1 aromatic rings. The van der Waals surface area contributed by atoms with Crippen molar-refractivity contribution in [1.82, 2.24) is 0 Å². The van der Waals surface area contributed by atoms with E-state index in [1.165, 1.54) is 0 Å². The van der Waals surface area contributed by atoms with Gasteiger partial charge in [-0.25, -0.2) is 0 Å². The second kappa shape index (κ2) is 7.00. The van der Waals surface area contributed by atoms with Gasteiger partial charge in [-0.3, -0.25) is 0 Å². The molecule has 0 amide bonds. The molecule has 1 rings (SSSR count). The minimum Gasteiger partial charge on any atom is -0.493 e. The van der Waals surface area contributed by atoms with E-state index in [0.717, 1.165) is 12.2 Å². The molecule has 0 radical (unpaired) electrons. The number of para-hydroxylation sites is 1. The van der Waals surface area contributed by atoms with Crippen molar-refractivity contribution in [1.29, 1.82) is 0 Å². The Kier molecular flexibility index (Phi) is 5.56. The first-order valence-corrected chi connectivity index (χ1v) is 6.37. The molecule has 1 aromatic carbocycles. The summed E-state index contributed by atoms with van der Waals surface area (Å²) in [5.41, 5.74) is 6.16. The maximum atomic E-state index is 8.63. The third-order valence-corrected chi connectivity index (χ3v) is 2.72. The summed E-state index contributed by atoms with van der Waals surface area (Å²) in [4.78, 5) is 0. The molecule has 0 aliphatic heterocycles. The zero-order chi connectivity index (χ0) is 11.8. The largest absolute Gasteiger partial charge is 0.493 e. The van der Waals surface area contributed by atoms with Gasteiger partial charge in [0.2, 0.25) is 0 Å². The van der Waals surface area contributed by atoms with Crippen molar-refractivity contribution in [2.45, 2.75) is 6.42 Å². The second-order valence-electron chi connectivity index (χ2n) is 3.18. The van der Waals surface area contributed by atoms with Crippen LogP contribution in [0.3, 0.4) is 0 Å². The van der Waals surface area contributed by atoms with Crippen molar-refractivity contribution < 1.29 is 9.94 Å². The van der Waals surface area contributed by atoms with Gasteiger partial charge in [0.1, 0.15) is 5.75 Å². The third-order valence-electron chi connectivity index (χ3n) is 2.02. The molecule has 0 aliphatic carbocycles. The number of benzene rings is 1. The Morgan fingerprint density at radius 1 is 1.50 bits per heavy atom. The molecule has 0 saturated carbocycles. The van der Waals surface area contributed by atoms with E-state index in [-0.39, 0.29) is 5.84 Å². The van der Waals surface area contributed by atoms with Crippen molar-refractivity contribution in [2.24, 2.45) is 10.9 Å². The van der Waals surface area contributed by atoms with Gasteiger partial charge in [0.15, 0.2) is 5.84 Å². The summed E-state index contributed by atoms with van der Waals surface area (Å²) in [5, 5.41) is 11.6. The summed E-state index contributed by atoms with van der Waals surface area (Å²) >= 11 is 1.78. The molecule has 0 aromatic heterocycles. The number of amidine groups is 1. The summed E-state index contributed by atoms with van der Waals surface area (Å²) in [6.07, 6.45) is 3.04. The Bertz CT molecular complexity index is 356. The minimum absolute atomic E-state index is 0.0699. The Balaban J connectivity index is 2.64. The predicted molar refractivity (Wildman–Crippen MR) is 67.4 cm³/mol.